The average molecular weight is 525 g/mol. The lowest BCUT2D eigenvalue weighted by Gasteiger charge is -2.27. The number of carbonyl (C=O) groups excluding carboxylic acids is 2. The Labute approximate surface area is 208 Å². The first-order valence-corrected chi connectivity index (χ1v) is 12.0. The highest BCUT2D eigenvalue weighted by Gasteiger charge is 2.34. The van der Waals surface area contributed by atoms with Crippen molar-refractivity contribution in [1.29, 1.82) is 0 Å². The first-order chi connectivity index (χ1) is 16.7. The molecule has 0 aromatic heterocycles. The summed E-state index contributed by atoms with van der Waals surface area (Å²) in [5.74, 6) is -0.844. The maximum atomic E-state index is 13.6. The van der Waals surface area contributed by atoms with Gasteiger partial charge in [0.1, 0.15) is 17.4 Å². The van der Waals surface area contributed by atoms with E-state index in [1.807, 2.05) is 0 Å². The Morgan fingerprint density at radius 3 is 2.28 bits per heavy atom. The molecule has 0 aliphatic carbocycles. The lowest BCUT2D eigenvalue weighted by Crippen LogP contribution is -2.46. The van der Waals surface area contributed by atoms with E-state index < -0.39 is 38.6 Å². The van der Waals surface area contributed by atoms with Gasteiger partial charge in [0.15, 0.2) is 0 Å². The predicted octanol–water partition coefficient (Wildman–Crippen LogP) is 3.04. The highest BCUT2D eigenvalue weighted by atomic mass is 32.2. The fourth-order valence-electron chi connectivity index (χ4n) is 3.05. The molecular formula is C22H28N4O9S. The van der Waals surface area contributed by atoms with Crippen LogP contribution in [0.4, 0.5) is 16.2 Å². The van der Waals surface area contributed by atoms with Crippen molar-refractivity contribution in [2.75, 3.05) is 12.4 Å². The van der Waals surface area contributed by atoms with Crippen LogP contribution in [0.25, 0.3) is 0 Å². The van der Waals surface area contributed by atoms with Crippen LogP contribution in [0.5, 0.6) is 5.75 Å². The van der Waals surface area contributed by atoms with Gasteiger partial charge in [0.25, 0.3) is 11.6 Å². The zero-order valence-electron chi connectivity index (χ0n) is 20.3. The van der Waals surface area contributed by atoms with Gasteiger partial charge in [-0.1, -0.05) is 12.1 Å². The minimum Gasteiger partial charge on any atom is -0.495 e. The van der Waals surface area contributed by atoms with Gasteiger partial charge in [0.2, 0.25) is 10.0 Å². The van der Waals surface area contributed by atoms with E-state index in [0.29, 0.717) is 5.56 Å². The molecule has 0 bridgehead atoms. The Kier molecular flexibility index (Phi) is 8.96. The van der Waals surface area contributed by atoms with Gasteiger partial charge in [0, 0.05) is 18.7 Å². The van der Waals surface area contributed by atoms with E-state index in [1.54, 1.807) is 20.8 Å². The molecule has 0 unspecified atom stereocenters. The molecule has 0 heterocycles. The molecule has 36 heavy (non-hydrogen) atoms. The number of amides is 2. The molecule has 1 atom stereocenters. The Hall–Kier alpha value is -3.75. The van der Waals surface area contributed by atoms with E-state index in [9.17, 15) is 28.1 Å². The number of rotatable bonds is 9. The molecule has 0 saturated carbocycles. The van der Waals surface area contributed by atoms with Crippen LogP contribution < -0.4 is 15.5 Å². The molecule has 14 heteroatoms. The fourth-order valence-corrected chi connectivity index (χ4v) is 4.66. The molecular weight excluding hydrogens is 496 g/mol. The van der Waals surface area contributed by atoms with E-state index in [1.165, 1.54) is 55.9 Å². The summed E-state index contributed by atoms with van der Waals surface area (Å²) in [5.41, 5.74) is 0.778. The Morgan fingerprint density at radius 2 is 1.78 bits per heavy atom. The first-order valence-electron chi connectivity index (χ1n) is 10.6. The lowest BCUT2D eigenvalue weighted by molar-refractivity contribution is -0.384. The van der Waals surface area contributed by atoms with Crippen molar-refractivity contribution in [2.45, 2.75) is 50.8 Å². The monoisotopic (exact) mass is 524 g/mol. The highest BCUT2D eigenvalue weighted by molar-refractivity contribution is 7.89. The van der Waals surface area contributed by atoms with Crippen LogP contribution in [0.2, 0.25) is 0 Å². The molecule has 0 fully saturated rings. The number of non-ortho nitro benzene ring substituents is 1. The van der Waals surface area contributed by atoms with Crippen molar-refractivity contribution in [1.82, 2.24) is 9.79 Å². The van der Waals surface area contributed by atoms with Crippen LogP contribution in [0, 0.1) is 10.1 Å². The molecule has 2 amide bonds. The second-order valence-electron chi connectivity index (χ2n) is 8.61. The maximum Gasteiger partial charge on any atom is 0.412 e. The van der Waals surface area contributed by atoms with E-state index in [2.05, 4.69) is 5.32 Å². The number of carbonyl (C=O) groups is 2. The van der Waals surface area contributed by atoms with Crippen molar-refractivity contribution in [3.8, 4) is 5.75 Å². The first kappa shape index (κ1) is 28.5. The second kappa shape index (κ2) is 11.3. The summed E-state index contributed by atoms with van der Waals surface area (Å²) in [6.45, 7) is 5.89. The Morgan fingerprint density at radius 1 is 1.17 bits per heavy atom. The zero-order valence-corrected chi connectivity index (χ0v) is 21.2. The predicted molar refractivity (Wildman–Crippen MR) is 128 cm³/mol. The van der Waals surface area contributed by atoms with Crippen molar-refractivity contribution in [2.24, 2.45) is 0 Å². The largest absolute Gasteiger partial charge is 0.495 e. The standard InChI is InChI=1S/C22H28N4O9S/c1-14(20(27)24-29)25(13-15-6-8-16(9-7-15)26(30)31)36(32,33)17-10-11-19(34-5)18(12-17)23-21(28)35-22(2,3)4/h6-12,14,29H,13H2,1-5H3,(H,23,28)(H,24,27)/t14-/m0/s1. The van der Waals surface area contributed by atoms with Gasteiger partial charge in [-0.15, -0.1) is 0 Å². The Bertz CT molecular complexity index is 1230. The van der Waals surface area contributed by atoms with Gasteiger partial charge in [-0.25, -0.2) is 18.7 Å². The summed E-state index contributed by atoms with van der Waals surface area (Å²) in [4.78, 5) is 34.5. The van der Waals surface area contributed by atoms with Gasteiger partial charge >= 0.3 is 6.09 Å². The summed E-state index contributed by atoms with van der Waals surface area (Å²) >= 11 is 0. The van der Waals surface area contributed by atoms with Crippen LogP contribution in [0.1, 0.15) is 33.3 Å². The number of benzene rings is 2. The third kappa shape index (κ3) is 7.13. The summed E-state index contributed by atoms with van der Waals surface area (Å²) in [5, 5.41) is 22.5. The van der Waals surface area contributed by atoms with Crippen LogP contribution in [-0.4, -0.2) is 53.6 Å². The van der Waals surface area contributed by atoms with Crippen LogP contribution in [-0.2, 0) is 26.1 Å². The fraction of sp³-hybridized carbons (Fsp3) is 0.364. The topological polar surface area (TPSA) is 177 Å². The molecule has 3 N–H and O–H groups in total. The summed E-state index contributed by atoms with van der Waals surface area (Å²) in [6.07, 6.45) is -0.842. The molecule has 196 valence electrons. The number of methoxy groups -OCH3 is 1. The molecule has 0 aliphatic rings. The minimum atomic E-state index is -4.42. The number of anilines is 1. The molecule has 13 nitrogen and oxygen atoms in total. The number of hydrogen-bond donors (Lipinski definition) is 3. The number of nitro benzene ring substituents is 1. The van der Waals surface area contributed by atoms with E-state index in [-0.39, 0.29) is 28.6 Å². The number of ether oxygens (including phenoxy) is 2. The molecule has 0 radical (unpaired) electrons. The molecule has 2 rings (SSSR count). The van der Waals surface area contributed by atoms with Crippen molar-refractivity contribution in [3.63, 3.8) is 0 Å². The van der Waals surface area contributed by atoms with Gasteiger partial charge in [-0.3, -0.25) is 25.4 Å². The normalized spacial score (nSPS) is 12.5. The van der Waals surface area contributed by atoms with Gasteiger partial charge < -0.3 is 9.47 Å². The van der Waals surface area contributed by atoms with Crippen LogP contribution in [0.15, 0.2) is 47.4 Å². The number of nitro groups is 1. The van der Waals surface area contributed by atoms with Gasteiger partial charge in [0.05, 0.1) is 22.6 Å². The summed E-state index contributed by atoms with van der Waals surface area (Å²) < 4.78 is 38.4. The smallest absolute Gasteiger partial charge is 0.412 e. The molecule has 0 spiro atoms. The van der Waals surface area contributed by atoms with E-state index in [4.69, 9.17) is 14.7 Å². The van der Waals surface area contributed by atoms with Gasteiger partial charge in [-0.05, 0) is 51.5 Å². The number of nitrogens with zero attached hydrogens (tertiary/aromatic N) is 2. The number of sulfonamides is 1. The molecule has 2 aromatic rings. The number of hydroxylamine groups is 1. The van der Waals surface area contributed by atoms with Crippen molar-refractivity contribution in [3.05, 3.63) is 58.1 Å². The SMILES string of the molecule is COc1ccc(S(=O)(=O)N(Cc2ccc([N+](=O)[O-])cc2)[C@@H](C)C(=O)NO)cc1NC(=O)OC(C)(C)C. The van der Waals surface area contributed by atoms with Crippen LogP contribution in [0.3, 0.4) is 0 Å². The third-order valence-corrected chi connectivity index (χ3v) is 6.73. The maximum absolute atomic E-state index is 13.6. The van der Waals surface area contributed by atoms with E-state index >= 15 is 0 Å². The summed E-state index contributed by atoms with van der Waals surface area (Å²) in [6, 6.07) is 7.42. The molecule has 0 saturated heterocycles. The van der Waals surface area contributed by atoms with Crippen LogP contribution >= 0.6 is 0 Å². The number of nitrogens with one attached hydrogen (secondary N) is 2. The highest BCUT2D eigenvalue weighted by Crippen LogP contribution is 2.31. The minimum absolute atomic E-state index is 0.00220. The zero-order chi connectivity index (χ0) is 27.3. The molecule has 2 aromatic carbocycles. The van der Waals surface area contributed by atoms with Crippen molar-refractivity contribution < 1.29 is 37.6 Å². The van der Waals surface area contributed by atoms with Crippen molar-refractivity contribution >= 4 is 33.4 Å². The Balaban J connectivity index is 2.50. The van der Waals surface area contributed by atoms with Gasteiger partial charge in [-0.2, -0.15) is 4.31 Å². The molecule has 0 aliphatic heterocycles. The lowest BCUT2D eigenvalue weighted by atomic mass is 10.2. The average Bonchev–Trinajstić information content (AvgIpc) is 2.80. The second-order valence-corrected chi connectivity index (χ2v) is 10.5. The summed E-state index contributed by atoms with van der Waals surface area (Å²) in [7, 11) is -3.09. The quantitative estimate of drug-likeness (QED) is 0.253. The van der Waals surface area contributed by atoms with E-state index in [0.717, 1.165) is 10.4 Å². The third-order valence-electron chi connectivity index (χ3n) is 4.82. The number of hydrogen-bond acceptors (Lipinski definition) is 9.